The van der Waals surface area contributed by atoms with E-state index in [-0.39, 0.29) is 29.9 Å². The van der Waals surface area contributed by atoms with Crippen LogP contribution in [0.15, 0.2) is 17.3 Å². The van der Waals surface area contributed by atoms with Gasteiger partial charge < -0.3 is 4.74 Å². The molecule has 0 N–H and O–H groups in total. The van der Waals surface area contributed by atoms with E-state index >= 15 is 0 Å². The van der Waals surface area contributed by atoms with Crippen molar-refractivity contribution in [2.45, 2.75) is 18.7 Å². The SMILES string of the molecule is CCOC(=O)CN(CC)S(=O)(=O)c1cnc(Cl)nc1. The van der Waals surface area contributed by atoms with Gasteiger partial charge in [-0.1, -0.05) is 6.92 Å². The van der Waals surface area contributed by atoms with Crippen LogP contribution in [-0.4, -0.2) is 48.4 Å². The standard InChI is InChI=1S/C10H14ClN3O4S/c1-3-14(7-9(15)18-4-2)19(16,17)8-5-12-10(11)13-6-8/h5-6H,3-4,7H2,1-2H3. The van der Waals surface area contributed by atoms with Crippen LogP contribution in [0.5, 0.6) is 0 Å². The summed E-state index contributed by atoms with van der Waals surface area (Å²) < 4.78 is 30.1. The summed E-state index contributed by atoms with van der Waals surface area (Å²) in [4.78, 5) is 18.5. The summed E-state index contributed by atoms with van der Waals surface area (Å²) in [5.74, 6) is -0.609. The molecule has 106 valence electrons. The van der Waals surface area contributed by atoms with Gasteiger partial charge in [0.2, 0.25) is 15.3 Å². The second-order valence-electron chi connectivity index (χ2n) is 3.42. The number of esters is 1. The first-order valence-corrected chi connectivity index (χ1v) is 7.37. The van der Waals surface area contributed by atoms with Gasteiger partial charge in [0.25, 0.3) is 0 Å². The van der Waals surface area contributed by atoms with Crippen LogP contribution in [0.4, 0.5) is 0 Å². The predicted molar refractivity (Wildman–Crippen MR) is 68.1 cm³/mol. The van der Waals surface area contributed by atoms with Crippen LogP contribution in [0, 0.1) is 0 Å². The van der Waals surface area contributed by atoms with Crippen molar-refractivity contribution in [3.05, 3.63) is 17.7 Å². The molecule has 9 heteroatoms. The third-order valence-corrected chi connectivity index (χ3v) is 4.27. The number of nitrogens with zero attached hydrogens (tertiary/aromatic N) is 3. The van der Waals surface area contributed by atoms with Crippen molar-refractivity contribution in [1.82, 2.24) is 14.3 Å². The van der Waals surface area contributed by atoms with E-state index in [1.165, 1.54) is 0 Å². The van der Waals surface area contributed by atoms with Crippen molar-refractivity contribution in [1.29, 1.82) is 0 Å². The molecule has 0 unspecified atom stereocenters. The molecule has 1 aromatic rings. The lowest BCUT2D eigenvalue weighted by atomic mass is 10.6. The van der Waals surface area contributed by atoms with Gasteiger partial charge in [-0.2, -0.15) is 4.31 Å². The highest BCUT2D eigenvalue weighted by atomic mass is 35.5. The molecule has 1 aromatic heterocycles. The third kappa shape index (κ3) is 4.12. The molecule has 1 rings (SSSR count). The number of aromatic nitrogens is 2. The highest BCUT2D eigenvalue weighted by molar-refractivity contribution is 7.89. The van der Waals surface area contributed by atoms with Crippen LogP contribution < -0.4 is 0 Å². The zero-order valence-electron chi connectivity index (χ0n) is 10.5. The maximum absolute atomic E-state index is 12.2. The Bertz CT molecular complexity index is 532. The molecule has 0 spiro atoms. The van der Waals surface area contributed by atoms with Gasteiger partial charge in [-0.3, -0.25) is 4.79 Å². The number of hydrogen-bond donors (Lipinski definition) is 0. The van der Waals surface area contributed by atoms with Crippen LogP contribution in [0.1, 0.15) is 13.8 Å². The maximum Gasteiger partial charge on any atom is 0.321 e. The molecule has 0 fully saturated rings. The van der Waals surface area contributed by atoms with Crippen LogP contribution in [-0.2, 0) is 19.6 Å². The fourth-order valence-electron chi connectivity index (χ4n) is 1.30. The summed E-state index contributed by atoms with van der Waals surface area (Å²) in [6, 6.07) is 0. The number of carbonyl (C=O) groups excluding carboxylic acids is 1. The predicted octanol–water partition coefficient (Wildman–Crippen LogP) is 0.704. The zero-order chi connectivity index (χ0) is 14.5. The molecule has 0 aliphatic carbocycles. The van der Waals surface area contributed by atoms with Gasteiger partial charge in [0.05, 0.1) is 19.0 Å². The lowest BCUT2D eigenvalue weighted by Gasteiger charge is -2.18. The summed E-state index contributed by atoms with van der Waals surface area (Å²) in [7, 11) is -3.83. The number of hydrogen-bond acceptors (Lipinski definition) is 6. The minimum Gasteiger partial charge on any atom is -0.465 e. The molecular weight excluding hydrogens is 294 g/mol. The minimum atomic E-state index is -3.83. The minimum absolute atomic E-state index is 0.0487. The monoisotopic (exact) mass is 307 g/mol. The van der Waals surface area contributed by atoms with Crippen molar-refractivity contribution in [2.24, 2.45) is 0 Å². The lowest BCUT2D eigenvalue weighted by molar-refractivity contribution is -0.143. The van der Waals surface area contributed by atoms with Gasteiger partial charge in [0.1, 0.15) is 11.4 Å². The third-order valence-electron chi connectivity index (χ3n) is 2.20. The second-order valence-corrected chi connectivity index (χ2v) is 5.70. The Kier molecular flexibility index (Phi) is 5.64. The molecule has 0 aromatic carbocycles. The highest BCUT2D eigenvalue weighted by Crippen LogP contribution is 2.14. The summed E-state index contributed by atoms with van der Waals surface area (Å²) in [5.41, 5.74) is 0. The fourth-order valence-corrected chi connectivity index (χ4v) is 2.68. The van der Waals surface area contributed by atoms with Gasteiger partial charge in [0.15, 0.2) is 0 Å². The lowest BCUT2D eigenvalue weighted by Crippen LogP contribution is -2.36. The van der Waals surface area contributed by atoms with Crippen LogP contribution in [0.25, 0.3) is 0 Å². The van der Waals surface area contributed by atoms with Crippen molar-refractivity contribution < 1.29 is 17.9 Å². The number of ether oxygens (including phenoxy) is 1. The smallest absolute Gasteiger partial charge is 0.321 e. The van der Waals surface area contributed by atoms with Gasteiger partial charge in [-0.15, -0.1) is 0 Å². The van der Waals surface area contributed by atoms with E-state index in [2.05, 4.69) is 9.97 Å². The Balaban J connectivity index is 2.95. The highest BCUT2D eigenvalue weighted by Gasteiger charge is 2.26. The topological polar surface area (TPSA) is 89.5 Å². The first kappa shape index (κ1) is 15.8. The molecule has 0 bridgehead atoms. The van der Waals surface area contributed by atoms with E-state index in [0.29, 0.717) is 0 Å². The molecule has 0 saturated carbocycles. The summed E-state index contributed by atoms with van der Waals surface area (Å²) in [6.45, 7) is 3.24. The molecular formula is C10H14ClN3O4S. The summed E-state index contributed by atoms with van der Waals surface area (Å²) in [6.07, 6.45) is 2.19. The van der Waals surface area contributed by atoms with Gasteiger partial charge in [0, 0.05) is 6.54 Å². The maximum atomic E-state index is 12.2. The quantitative estimate of drug-likeness (QED) is 0.568. The van der Waals surface area contributed by atoms with E-state index in [0.717, 1.165) is 16.7 Å². The number of rotatable bonds is 6. The molecule has 0 saturated heterocycles. The van der Waals surface area contributed by atoms with Gasteiger partial charge in [-0.25, -0.2) is 18.4 Å². The largest absolute Gasteiger partial charge is 0.465 e. The van der Waals surface area contributed by atoms with Gasteiger partial charge >= 0.3 is 5.97 Å². The fraction of sp³-hybridized carbons (Fsp3) is 0.500. The molecule has 0 amide bonds. The van der Waals surface area contributed by atoms with E-state index in [9.17, 15) is 13.2 Å². The second kappa shape index (κ2) is 6.78. The Morgan fingerprint density at radius 3 is 2.42 bits per heavy atom. The number of carbonyl (C=O) groups is 1. The molecule has 0 aliphatic heterocycles. The molecule has 0 aliphatic rings. The van der Waals surface area contributed by atoms with Crippen molar-refractivity contribution in [3.8, 4) is 0 Å². The Labute approximate surface area is 116 Å². The van der Waals surface area contributed by atoms with E-state index < -0.39 is 16.0 Å². The van der Waals surface area contributed by atoms with Crippen molar-refractivity contribution >= 4 is 27.6 Å². The van der Waals surface area contributed by atoms with Crippen LogP contribution in [0.2, 0.25) is 5.28 Å². The molecule has 0 radical (unpaired) electrons. The van der Waals surface area contributed by atoms with Crippen molar-refractivity contribution in [3.63, 3.8) is 0 Å². The normalized spacial score (nSPS) is 11.6. The van der Waals surface area contributed by atoms with Crippen LogP contribution >= 0.6 is 11.6 Å². The average molecular weight is 308 g/mol. The Morgan fingerprint density at radius 1 is 1.37 bits per heavy atom. The number of halogens is 1. The zero-order valence-corrected chi connectivity index (χ0v) is 12.1. The van der Waals surface area contributed by atoms with Crippen molar-refractivity contribution in [2.75, 3.05) is 19.7 Å². The molecule has 7 nitrogen and oxygen atoms in total. The Hall–Kier alpha value is -1.25. The first-order chi connectivity index (χ1) is 8.91. The number of likely N-dealkylation sites (N-methyl/N-ethyl adjacent to an activating group) is 1. The average Bonchev–Trinajstić information content (AvgIpc) is 2.36. The number of sulfonamides is 1. The first-order valence-electron chi connectivity index (χ1n) is 5.55. The van der Waals surface area contributed by atoms with E-state index in [4.69, 9.17) is 16.3 Å². The van der Waals surface area contributed by atoms with Crippen LogP contribution in [0.3, 0.4) is 0 Å². The Morgan fingerprint density at radius 2 is 1.95 bits per heavy atom. The summed E-state index contributed by atoms with van der Waals surface area (Å²) >= 11 is 5.50. The molecule has 1 heterocycles. The van der Waals surface area contributed by atoms with E-state index in [1.807, 2.05) is 0 Å². The van der Waals surface area contributed by atoms with E-state index in [1.54, 1.807) is 13.8 Å². The molecule has 19 heavy (non-hydrogen) atoms. The molecule has 0 atom stereocenters. The summed E-state index contributed by atoms with van der Waals surface area (Å²) in [5, 5.41) is -0.0487. The van der Waals surface area contributed by atoms with Gasteiger partial charge in [-0.05, 0) is 18.5 Å².